The third kappa shape index (κ3) is 3.09. The Balaban J connectivity index is 3.24. The second-order valence-electron chi connectivity index (χ2n) is 4.36. The monoisotopic (exact) mass is 265 g/mol. The van der Waals surface area contributed by atoms with Gasteiger partial charge in [0.05, 0.1) is 17.4 Å². The summed E-state index contributed by atoms with van der Waals surface area (Å²) in [4.78, 5) is 21.4. The van der Waals surface area contributed by atoms with Crippen LogP contribution in [-0.4, -0.2) is 23.1 Å². The molecule has 0 bridgehead atoms. The summed E-state index contributed by atoms with van der Waals surface area (Å²) in [5, 5.41) is 19.9. The molecule has 1 atom stereocenters. The minimum absolute atomic E-state index is 0.0662. The largest absolute Gasteiger partial charge is 0.496 e. The number of carboxylic acid groups (broad SMARTS) is 1. The summed E-state index contributed by atoms with van der Waals surface area (Å²) < 4.78 is 5.10. The van der Waals surface area contributed by atoms with Gasteiger partial charge in [-0.1, -0.05) is 6.08 Å². The zero-order valence-corrected chi connectivity index (χ0v) is 10.8. The molecule has 0 aliphatic heterocycles. The third-order valence-electron chi connectivity index (χ3n) is 2.97. The lowest BCUT2D eigenvalue weighted by molar-refractivity contribution is -0.384. The predicted molar refractivity (Wildman–Crippen MR) is 69.3 cm³/mol. The van der Waals surface area contributed by atoms with Crippen molar-refractivity contribution in [3.8, 4) is 5.75 Å². The van der Waals surface area contributed by atoms with E-state index in [-0.39, 0.29) is 12.1 Å². The molecule has 0 fully saturated rings. The van der Waals surface area contributed by atoms with E-state index in [4.69, 9.17) is 4.74 Å². The first-order valence-corrected chi connectivity index (χ1v) is 5.52. The van der Waals surface area contributed by atoms with Gasteiger partial charge < -0.3 is 9.84 Å². The Labute approximate surface area is 110 Å². The van der Waals surface area contributed by atoms with Gasteiger partial charge in [0.25, 0.3) is 5.69 Å². The molecule has 0 aliphatic carbocycles. The lowest BCUT2D eigenvalue weighted by Gasteiger charge is -2.21. The standard InChI is InChI=1S/C13H15NO5/c1-4-13(2,12(15)16)8-9-7-10(14(17)18)5-6-11(9)19-3/h4-7H,1,8H2,2-3H3,(H,15,16). The van der Waals surface area contributed by atoms with E-state index in [1.165, 1.54) is 38.3 Å². The van der Waals surface area contributed by atoms with Crippen molar-refractivity contribution in [2.45, 2.75) is 13.3 Å². The van der Waals surface area contributed by atoms with Gasteiger partial charge in [-0.05, 0) is 19.4 Å². The molecule has 1 rings (SSSR count). The van der Waals surface area contributed by atoms with E-state index in [9.17, 15) is 20.0 Å². The number of ether oxygens (including phenoxy) is 1. The fourth-order valence-electron chi connectivity index (χ4n) is 1.65. The molecule has 1 N–H and O–H groups in total. The van der Waals surface area contributed by atoms with Crippen molar-refractivity contribution in [3.05, 3.63) is 46.5 Å². The first-order valence-electron chi connectivity index (χ1n) is 5.52. The van der Waals surface area contributed by atoms with Gasteiger partial charge in [-0.25, -0.2) is 0 Å². The number of nitro benzene ring substituents is 1. The summed E-state index contributed by atoms with van der Waals surface area (Å²) in [7, 11) is 1.43. The van der Waals surface area contributed by atoms with E-state index in [0.717, 1.165) is 0 Å². The first kappa shape index (κ1) is 14.7. The number of nitrogens with zero attached hydrogens (tertiary/aromatic N) is 1. The summed E-state index contributed by atoms with van der Waals surface area (Å²) in [5.41, 5.74) is -0.850. The van der Waals surface area contributed by atoms with Gasteiger partial charge in [0, 0.05) is 17.7 Å². The zero-order chi connectivity index (χ0) is 14.6. The summed E-state index contributed by atoms with van der Waals surface area (Å²) in [5.74, 6) is -0.629. The molecular weight excluding hydrogens is 250 g/mol. The zero-order valence-electron chi connectivity index (χ0n) is 10.8. The fraction of sp³-hybridized carbons (Fsp3) is 0.308. The minimum Gasteiger partial charge on any atom is -0.496 e. The van der Waals surface area contributed by atoms with Crippen LogP contribution in [0.1, 0.15) is 12.5 Å². The molecule has 0 radical (unpaired) electrons. The van der Waals surface area contributed by atoms with Crippen molar-refractivity contribution >= 4 is 11.7 Å². The molecule has 0 heterocycles. The van der Waals surface area contributed by atoms with Gasteiger partial charge in [0.2, 0.25) is 0 Å². The van der Waals surface area contributed by atoms with Crippen molar-refractivity contribution < 1.29 is 19.6 Å². The van der Waals surface area contributed by atoms with Gasteiger partial charge >= 0.3 is 5.97 Å². The summed E-state index contributed by atoms with van der Waals surface area (Å²) in [6.45, 7) is 5.01. The molecule has 0 spiro atoms. The Morgan fingerprint density at radius 2 is 2.26 bits per heavy atom. The van der Waals surface area contributed by atoms with Crippen molar-refractivity contribution in [1.29, 1.82) is 0 Å². The predicted octanol–water partition coefficient (Wildman–Crippen LogP) is 2.42. The van der Waals surface area contributed by atoms with Gasteiger partial charge in [-0.2, -0.15) is 0 Å². The Bertz CT molecular complexity index is 526. The quantitative estimate of drug-likeness (QED) is 0.484. The smallest absolute Gasteiger partial charge is 0.313 e. The number of carboxylic acids is 1. The van der Waals surface area contributed by atoms with Crippen LogP contribution in [0.15, 0.2) is 30.9 Å². The van der Waals surface area contributed by atoms with E-state index in [1.807, 2.05) is 0 Å². The Morgan fingerprint density at radius 3 is 2.68 bits per heavy atom. The highest BCUT2D eigenvalue weighted by molar-refractivity contribution is 5.77. The van der Waals surface area contributed by atoms with Gasteiger partial charge in [-0.15, -0.1) is 6.58 Å². The third-order valence-corrected chi connectivity index (χ3v) is 2.97. The number of non-ortho nitro benzene ring substituents is 1. The summed E-state index contributed by atoms with van der Waals surface area (Å²) in [6, 6.07) is 4.09. The molecule has 0 aromatic heterocycles. The van der Waals surface area contributed by atoms with Crippen molar-refractivity contribution in [2.75, 3.05) is 7.11 Å². The molecule has 6 heteroatoms. The van der Waals surface area contributed by atoms with Crippen LogP contribution in [0, 0.1) is 15.5 Å². The van der Waals surface area contributed by atoms with E-state index >= 15 is 0 Å². The average molecular weight is 265 g/mol. The van der Waals surface area contributed by atoms with Crippen LogP contribution in [0.2, 0.25) is 0 Å². The second-order valence-corrected chi connectivity index (χ2v) is 4.36. The maximum Gasteiger partial charge on any atom is 0.313 e. The van der Waals surface area contributed by atoms with Crippen LogP contribution < -0.4 is 4.74 Å². The van der Waals surface area contributed by atoms with Gasteiger partial charge in [-0.3, -0.25) is 14.9 Å². The van der Waals surface area contributed by atoms with Gasteiger partial charge in [0.1, 0.15) is 5.75 Å². The number of hydrogen-bond donors (Lipinski definition) is 1. The van der Waals surface area contributed by atoms with Crippen LogP contribution >= 0.6 is 0 Å². The van der Waals surface area contributed by atoms with Gasteiger partial charge in [0.15, 0.2) is 0 Å². The highest BCUT2D eigenvalue weighted by atomic mass is 16.6. The molecule has 1 aromatic rings. The highest BCUT2D eigenvalue weighted by Gasteiger charge is 2.31. The Kier molecular flexibility index (Phi) is 4.26. The number of methoxy groups -OCH3 is 1. The van der Waals surface area contributed by atoms with E-state index in [2.05, 4.69) is 6.58 Å². The molecule has 0 aliphatic rings. The minimum atomic E-state index is -1.21. The normalized spacial score (nSPS) is 13.4. The molecule has 1 aromatic carbocycles. The number of carbonyl (C=O) groups is 1. The summed E-state index contributed by atoms with van der Waals surface area (Å²) >= 11 is 0. The van der Waals surface area contributed by atoms with Crippen molar-refractivity contribution in [2.24, 2.45) is 5.41 Å². The molecule has 0 saturated heterocycles. The Morgan fingerprint density at radius 1 is 1.63 bits per heavy atom. The number of benzene rings is 1. The number of rotatable bonds is 6. The molecule has 102 valence electrons. The molecular formula is C13H15NO5. The van der Waals surface area contributed by atoms with E-state index in [1.54, 1.807) is 0 Å². The lowest BCUT2D eigenvalue weighted by atomic mass is 9.83. The van der Waals surface area contributed by atoms with Crippen LogP contribution in [-0.2, 0) is 11.2 Å². The molecule has 0 amide bonds. The average Bonchev–Trinajstić information content (AvgIpc) is 2.38. The molecule has 1 unspecified atom stereocenters. The number of hydrogen-bond acceptors (Lipinski definition) is 4. The van der Waals surface area contributed by atoms with Crippen molar-refractivity contribution in [1.82, 2.24) is 0 Å². The first-order chi connectivity index (χ1) is 8.84. The topological polar surface area (TPSA) is 89.7 Å². The number of aliphatic carboxylic acids is 1. The molecule has 6 nitrogen and oxygen atoms in total. The van der Waals surface area contributed by atoms with Crippen LogP contribution in [0.4, 0.5) is 5.69 Å². The molecule has 19 heavy (non-hydrogen) atoms. The number of nitro groups is 1. The maximum absolute atomic E-state index is 11.2. The van der Waals surface area contributed by atoms with Crippen molar-refractivity contribution in [3.63, 3.8) is 0 Å². The van der Waals surface area contributed by atoms with Crippen LogP contribution in [0.3, 0.4) is 0 Å². The van der Waals surface area contributed by atoms with E-state index < -0.39 is 16.3 Å². The summed E-state index contributed by atoms with van der Waals surface area (Å²) in [6.07, 6.45) is 1.38. The lowest BCUT2D eigenvalue weighted by Crippen LogP contribution is -2.27. The maximum atomic E-state index is 11.2. The Hall–Kier alpha value is -2.37. The molecule has 0 saturated carbocycles. The SMILES string of the molecule is C=CC(C)(Cc1cc([N+](=O)[O-])ccc1OC)C(=O)O. The van der Waals surface area contributed by atoms with Crippen LogP contribution in [0.5, 0.6) is 5.75 Å². The highest BCUT2D eigenvalue weighted by Crippen LogP contribution is 2.31. The second kappa shape index (κ2) is 5.51. The van der Waals surface area contributed by atoms with Crippen LogP contribution in [0.25, 0.3) is 0 Å². The fourth-order valence-corrected chi connectivity index (χ4v) is 1.65. The van der Waals surface area contributed by atoms with E-state index in [0.29, 0.717) is 11.3 Å².